The number of aromatic amines is 1. The average Bonchev–Trinajstić information content (AvgIpc) is 3.05. The van der Waals surface area contributed by atoms with E-state index in [-0.39, 0.29) is 11.8 Å². The number of fused-ring (bicyclic) bond motifs is 4. The maximum Gasteiger partial charge on any atom is 0.227 e. The van der Waals surface area contributed by atoms with Gasteiger partial charge in [-0.3, -0.25) is 4.79 Å². The summed E-state index contributed by atoms with van der Waals surface area (Å²) in [5, 5.41) is 4.87. The Balaban J connectivity index is 1.36. The van der Waals surface area contributed by atoms with E-state index < -0.39 is 0 Å². The van der Waals surface area contributed by atoms with Gasteiger partial charge in [0.25, 0.3) is 0 Å². The van der Waals surface area contributed by atoms with Gasteiger partial charge in [-0.05, 0) is 55.2 Å². The third-order valence-electron chi connectivity index (χ3n) is 5.33. The standard InChI is InChI=1S/C21H19ClN2O3/c22-13-2-5-18-16(10-13)15-9-12(1-4-17(15)24-18)21(25)23-14-3-6-19-20(11-14)27-8-7-26-19/h2-3,5-6,10-12,24H,1,4,7-9H2,(H,23,25). The van der Waals surface area contributed by atoms with Crippen molar-refractivity contribution in [1.82, 2.24) is 4.98 Å². The molecule has 2 aliphatic rings. The maximum absolute atomic E-state index is 12.9. The molecule has 2 aromatic carbocycles. The summed E-state index contributed by atoms with van der Waals surface area (Å²) in [7, 11) is 0. The van der Waals surface area contributed by atoms with E-state index in [1.165, 1.54) is 11.3 Å². The number of aryl methyl sites for hydroxylation is 1. The molecule has 0 spiro atoms. The fourth-order valence-corrected chi connectivity index (χ4v) is 4.15. The molecule has 0 saturated carbocycles. The van der Waals surface area contributed by atoms with Crippen LogP contribution in [0.2, 0.25) is 5.02 Å². The largest absolute Gasteiger partial charge is 0.486 e. The lowest BCUT2D eigenvalue weighted by Gasteiger charge is -2.23. The molecule has 0 radical (unpaired) electrons. The molecule has 6 heteroatoms. The fourth-order valence-electron chi connectivity index (χ4n) is 3.98. The van der Waals surface area contributed by atoms with Crippen molar-refractivity contribution in [2.24, 2.45) is 5.92 Å². The van der Waals surface area contributed by atoms with Crippen molar-refractivity contribution in [3.63, 3.8) is 0 Å². The molecule has 1 amide bonds. The van der Waals surface area contributed by atoms with Crippen LogP contribution >= 0.6 is 11.6 Å². The van der Waals surface area contributed by atoms with Crippen LogP contribution in [0.1, 0.15) is 17.7 Å². The fraction of sp³-hybridized carbons (Fsp3) is 0.286. The van der Waals surface area contributed by atoms with Crippen LogP contribution in [-0.2, 0) is 17.6 Å². The van der Waals surface area contributed by atoms with E-state index in [9.17, 15) is 4.79 Å². The minimum absolute atomic E-state index is 0.0358. The summed E-state index contributed by atoms with van der Waals surface area (Å²) >= 11 is 6.17. The Morgan fingerprint density at radius 1 is 1.11 bits per heavy atom. The van der Waals surface area contributed by atoms with Crippen molar-refractivity contribution in [2.75, 3.05) is 18.5 Å². The van der Waals surface area contributed by atoms with Crippen LogP contribution in [0.25, 0.3) is 10.9 Å². The molecular weight excluding hydrogens is 364 g/mol. The number of amides is 1. The van der Waals surface area contributed by atoms with Gasteiger partial charge in [0.2, 0.25) is 5.91 Å². The van der Waals surface area contributed by atoms with Crippen LogP contribution in [0.4, 0.5) is 5.69 Å². The minimum Gasteiger partial charge on any atom is -0.486 e. The van der Waals surface area contributed by atoms with Gasteiger partial charge in [0.15, 0.2) is 11.5 Å². The molecule has 2 heterocycles. The molecule has 3 aromatic rings. The number of carbonyl (C=O) groups is 1. The highest BCUT2D eigenvalue weighted by molar-refractivity contribution is 6.31. The molecule has 138 valence electrons. The second kappa shape index (κ2) is 6.50. The number of benzene rings is 2. The van der Waals surface area contributed by atoms with Crippen LogP contribution in [0, 0.1) is 5.92 Å². The first kappa shape index (κ1) is 16.5. The van der Waals surface area contributed by atoms with E-state index in [0.717, 1.165) is 35.2 Å². The summed E-state index contributed by atoms with van der Waals surface area (Å²) in [5.41, 5.74) is 4.24. The van der Waals surface area contributed by atoms with Crippen molar-refractivity contribution >= 4 is 34.1 Å². The lowest BCUT2D eigenvalue weighted by Crippen LogP contribution is -2.28. The highest BCUT2D eigenvalue weighted by Gasteiger charge is 2.27. The zero-order chi connectivity index (χ0) is 18.4. The third kappa shape index (κ3) is 3.02. The number of halogens is 1. The van der Waals surface area contributed by atoms with Gasteiger partial charge < -0.3 is 19.8 Å². The monoisotopic (exact) mass is 382 g/mol. The zero-order valence-corrected chi connectivity index (χ0v) is 15.4. The number of hydrogen-bond donors (Lipinski definition) is 2. The molecule has 1 unspecified atom stereocenters. The van der Waals surface area contributed by atoms with Gasteiger partial charge in [-0.15, -0.1) is 0 Å². The number of nitrogens with one attached hydrogen (secondary N) is 2. The summed E-state index contributed by atoms with van der Waals surface area (Å²) in [6, 6.07) is 11.4. The molecule has 0 saturated heterocycles. The first-order valence-electron chi connectivity index (χ1n) is 9.17. The van der Waals surface area contributed by atoms with Crippen molar-refractivity contribution in [1.29, 1.82) is 0 Å². The van der Waals surface area contributed by atoms with Crippen molar-refractivity contribution in [3.8, 4) is 11.5 Å². The molecular formula is C21H19ClN2O3. The Morgan fingerprint density at radius 2 is 1.96 bits per heavy atom. The SMILES string of the molecule is O=C(Nc1ccc2c(c1)OCCO2)C1CCc2[nH]c3ccc(Cl)cc3c2C1. The smallest absolute Gasteiger partial charge is 0.227 e. The van der Waals surface area contributed by atoms with Crippen molar-refractivity contribution < 1.29 is 14.3 Å². The third-order valence-corrected chi connectivity index (χ3v) is 5.57. The first-order chi connectivity index (χ1) is 13.2. The molecule has 2 N–H and O–H groups in total. The Bertz CT molecular complexity index is 1040. The predicted octanol–water partition coefficient (Wildman–Crippen LogP) is 4.34. The van der Waals surface area contributed by atoms with Crippen LogP contribution in [0.3, 0.4) is 0 Å². The number of ether oxygens (including phenoxy) is 2. The van der Waals surface area contributed by atoms with Crippen LogP contribution in [0.15, 0.2) is 36.4 Å². The van der Waals surface area contributed by atoms with Gasteiger partial charge in [-0.25, -0.2) is 0 Å². The number of rotatable bonds is 2. The van der Waals surface area contributed by atoms with Gasteiger partial charge in [-0.2, -0.15) is 0 Å². The van der Waals surface area contributed by atoms with Gasteiger partial charge in [0.05, 0.1) is 0 Å². The first-order valence-corrected chi connectivity index (χ1v) is 9.55. The molecule has 1 aliphatic carbocycles. The molecule has 27 heavy (non-hydrogen) atoms. The quantitative estimate of drug-likeness (QED) is 0.693. The zero-order valence-electron chi connectivity index (χ0n) is 14.7. The second-order valence-electron chi connectivity index (χ2n) is 7.06. The average molecular weight is 383 g/mol. The minimum atomic E-state index is -0.0660. The molecule has 1 aromatic heterocycles. The summed E-state index contributed by atoms with van der Waals surface area (Å²) in [4.78, 5) is 16.3. The van der Waals surface area contributed by atoms with Gasteiger partial charge >= 0.3 is 0 Å². The predicted molar refractivity (Wildman–Crippen MR) is 105 cm³/mol. The number of aromatic nitrogens is 1. The van der Waals surface area contributed by atoms with Crippen molar-refractivity contribution in [2.45, 2.75) is 19.3 Å². The lowest BCUT2D eigenvalue weighted by molar-refractivity contribution is -0.120. The highest BCUT2D eigenvalue weighted by atomic mass is 35.5. The van der Waals surface area contributed by atoms with Crippen LogP contribution < -0.4 is 14.8 Å². The summed E-state index contributed by atoms with van der Waals surface area (Å²) in [6.45, 7) is 1.08. The molecule has 5 rings (SSSR count). The Kier molecular flexibility index (Phi) is 3.97. The maximum atomic E-state index is 12.9. The second-order valence-corrected chi connectivity index (χ2v) is 7.50. The van der Waals surface area contributed by atoms with Crippen LogP contribution in [0.5, 0.6) is 11.5 Å². The van der Waals surface area contributed by atoms with E-state index in [1.54, 1.807) is 0 Å². The van der Waals surface area contributed by atoms with E-state index in [1.807, 2.05) is 36.4 Å². The normalized spacial score (nSPS) is 18.2. The Hall–Kier alpha value is -2.66. The molecule has 5 nitrogen and oxygen atoms in total. The lowest BCUT2D eigenvalue weighted by atomic mass is 9.86. The number of hydrogen-bond acceptors (Lipinski definition) is 3. The topological polar surface area (TPSA) is 63.4 Å². The highest BCUT2D eigenvalue weighted by Crippen LogP contribution is 2.35. The van der Waals surface area contributed by atoms with E-state index in [4.69, 9.17) is 21.1 Å². The van der Waals surface area contributed by atoms with Gasteiger partial charge in [0.1, 0.15) is 13.2 Å². The number of anilines is 1. The van der Waals surface area contributed by atoms with Gasteiger partial charge in [0, 0.05) is 39.3 Å². The van der Waals surface area contributed by atoms with E-state index in [2.05, 4.69) is 10.3 Å². The Morgan fingerprint density at radius 3 is 2.85 bits per heavy atom. The molecule has 0 bridgehead atoms. The number of H-pyrrole nitrogens is 1. The Labute approximate surface area is 161 Å². The molecule has 1 aliphatic heterocycles. The van der Waals surface area contributed by atoms with E-state index >= 15 is 0 Å². The van der Waals surface area contributed by atoms with E-state index in [0.29, 0.717) is 30.4 Å². The van der Waals surface area contributed by atoms with Crippen LogP contribution in [-0.4, -0.2) is 24.1 Å². The number of carbonyl (C=O) groups excluding carboxylic acids is 1. The summed E-state index contributed by atoms with van der Waals surface area (Å²) < 4.78 is 11.1. The molecule has 0 fully saturated rings. The summed E-state index contributed by atoms with van der Waals surface area (Å²) in [5.74, 6) is 1.37. The van der Waals surface area contributed by atoms with Crippen molar-refractivity contribution in [3.05, 3.63) is 52.7 Å². The molecule has 1 atom stereocenters. The summed E-state index contributed by atoms with van der Waals surface area (Å²) in [6.07, 6.45) is 2.40. The van der Waals surface area contributed by atoms with Gasteiger partial charge in [-0.1, -0.05) is 11.6 Å².